The SMILES string of the molecule is Cc1csc2c(N3CCC(NC(=O)/C=C/c4ccnc(Br)c4)CC3)ncnc12. The molecule has 0 aliphatic carbocycles. The second-order valence-electron chi connectivity index (χ2n) is 6.81. The number of rotatable bonds is 4. The molecule has 0 spiro atoms. The minimum absolute atomic E-state index is 0.0651. The van der Waals surface area contributed by atoms with Crippen LogP contribution in [0.5, 0.6) is 0 Å². The molecule has 1 N–H and O–H groups in total. The number of carbonyl (C=O) groups is 1. The van der Waals surface area contributed by atoms with Crippen LogP contribution >= 0.6 is 27.3 Å². The Kier molecular flexibility index (Phi) is 5.68. The smallest absolute Gasteiger partial charge is 0.244 e. The molecule has 1 saturated heterocycles. The van der Waals surface area contributed by atoms with Crippen LogP contribution in [0, 0.1) is 6.92 Å². The number of nitrogens with one attached hydrogen (secondary N) is 1. The third kappa shape index (κ3) is 4.23. The molecular weight excluding hydrogens is 438 g/mol. The van der Waals surface area contributed by atoms with Gasteiger partial charge >= 0.3 is 0 Å². The molecular formula is C20H20BrN5OS. The van der Waals surface area contributed by atoms with E-state index in [1.807, 2.05) is 12.1 Å². The lowest BCUT2D eigenvalue weighted by atomic mass is 10.0. The average molecular weight is 458 g/mol. The molecule has 6 nitrogen and oxygen atoms in total. The zero-order valence-electron chi connectivity index (χ0n) is 15.4. The highest BCUT2D eigenvalue weighted by Gasteiger charge is 2.23. The summed E-state index contributed by atoms with van der Waals surface area (Å²) in [5, 5.41) is 5.24. The van der Waals surface area contributed by atoms with E-state index in [0.29, 0.717) is 0 Å². The van der Waals surface area contributed by atoms with Gasteiger partial charge in [-0.25, -0.2) is 15.0 Å². The van der Waals surface area contributed by atoms with Crippen LogP contribution in [0.1, 0.15) is 24.0 Å². The predicted octanol–water partition coefficient (Wildman–Crippen LogP) is 3.96. The van der Waals surface area contributed by atoms with Gasteiger partial charge in [0.2, 0.25) is 5.91 Å². The fourth-order valence-electron chi connectivity index (χ4n) is 3.36. The highest BCUT2D eigenvalue weighted by Crippen LogP contribution is 2.32. The Hall–Kier alpha value is -2.32. The minimum Gasteiger partial charge on any atom is -0.355 e. The molecule has 1 aliphatic heterocycles. The van der Waals surface area contributed by atoms with Gasteiger partial charge in [-0.1, -0.05) is 0 Å². The predicted molar refractivity (Wildman–Crippen MR) is 117 cm³/mol. The fourth-order valence-corrected chi connectivity index (χ4v) is 4.76. The van der Waals surface area contributed by atoms with E-state index in [-0.39, 0.29) is 11.9 Å². The van der Waals surface area contributed by atoms with Crippen molar-refractivity contribution in [1.29, 1.82) is 0 Å². The number of hydrogen-bond acceptors (Lipinski definition) is 6. The third-order valence-corrected chi connectivity index (χ3v) is 6.35. The van der Waals surface area contributed by atoms with Gasteiger partial charge in [-0.2, -0.15) is 0 Å². The van der Waals surface area contributed by atoms with Gasteiger partial charge in [-0.05, 0) is 70.4 Å². The topological polar surface area (TPSA) is 71.0 Å². The molecule has 1 fully saturated rings. The van der Waals surface area contributed by atoms with E-state index in [4.69, 9.17) is 0 Å². The fraction of sp³-hybridized carbons (Fsp3) is 0.300. The van der Waals surface area contributed by atoms with Crippen molar-refractivity contribution in [3.8, 4) is 0 Å². The summed E-state index contributed by atoms with van der Waals surface area (Å²) in [6.07, 6.45) is 8.53. The van der Waals surface area contributed by atoms with E-state index >= 15 is 0 Å². The molecule has 3 aromatic rings. The maximum Gasteiger partial charge on any atom is 0.244 e. The Bertz CT molecular complexity index is 1030. The van der Waals surface area contributed by atoms with Crippen molar-refractivity contribution < 1.29 is 4.79 Å². The second-order valence-corrected chi connectivity index (χ2v) is 8.50. The number of carbonyl (C=O) groups excluding carboxylic acids is 1. The van der Waals surface area contributed by atoms with Crippen LogP contribution in [-0.4, -0.2) is 40.0 Å². The van der Waals surface area contributed by atoms with Crippen molar-refractivity contribution in [3.05, 3.63) is 51.8 Å². The Morgan fingerprint density at radius 1 is 1.32 bits per heavy atom. The first-order valence-electron chi connectivity index (χ1n) is 9.14. The van der Waals surface area contributed by atoms with Gasteiger partial charge in [0.1, 0.15) is 16.7 Å². The highest BCUT2D eigenvalue weighted by molar-refractivity contribution is 9.10. The van der Waals surface area contributed by atoms with Crippen molar-refractivity contribution in [2.24, 2.45) is 0 Å². The highest BCUT2D eigenvalue weighted by atomic mass is 79.9. The first kappa shape index (κ1) is 19.0. The normalized spacial score (nSPS) is 15.4. The Morgan fingerprint density at radius 3 is 2.93 bits per heavy atom. The summed E-state index contributed by atoms with van der Waals surface area (Å²) in [5.41, 5.74) is 3.17. The number of anilines is 1. The van der Waals surface area contributed by atoms with E-state index in [2.05, 4.69) is 53.4 Å². The number of amides is 1. The monoisotopic (exact) mass is 457 g/mol. The van der Waals surface area contributed by atoms with Crippen molar-refractivity contribution in [2.75, 3.05) is 18.0 Å². The van der Waals surface area contributed by atoms with Gasteiger partial charge in [-0.15, -0.1) is 11.3 Å². The van der Waals surface area contributed by atoms with Crippen molar-refractivity contribution in [3.63, 3.8) is 0 Å². The van der Waals surface area contributed by atoms with Gasteiger partial charge in [0.25, 0.3) is 0 Å². The number of fused-ring (bicyclic) bond motifs is 1. The number of nitrogens with zero attached hydrogens (tertiary/aromatic N) is 4. The lowest BCUT2D eigenvalue weighted by molar-refractivity contribution is -0.117. The van der Waals surface area contributed by atoms with E-state index < -0.39 is 0 Å². The van der Waals surface area contributed by atoms with Crippen LogP contribution in [0.2, 0.25) is 0 Å². The first-order chi connectivity index (χ1) is 13.6. The lowest BCUT2D eigenvalue weighted by Gasteiger charge is -2.33. The number of pyridine rings is 1. The zero-order valence-corrected chi connectivity index (χ0v) is 17.8. The lowest BCUT2D eigenvalue weighted by Crippen LogP contribution is -2.44. The van der Waals surface area contributed by atoms with Crippen molar-refractivity contribution in [1.82, 2.24) is 20.3 Å². The average Bonchev–Trinajstić information content (AvgIpc) is 3.08. The molecule has 1 amide bonds. The maximum absolute atomic E-state index is 12.2. The van der Waals surface area contributed by atoms with Crippen molar-refractivity contribution >= 4 is 55.3 Å². The first-order valence-corrected chi connectivity index (χ1v) is 10.8. The van der Waals surface area contributed by atoms with Gasteiger partial charge in [0.15, 0.2) is 0 Å². The molecule has 0 saturated carbocycles. The number of aryl methyl sites for hydroxylation is 1. The van der Waals surface area contributed by atoms with Crippen LogP contribution in [0.4, 0.5) is 5.82 Å². The van der Waals surface area contributed by atoms with Crippen LogP contribution in [0.15, 0.2) is 40.7 Å². The summed E-state index contributed by atoms with van der Waals surface area (Å²) in [6.45, 7) is 3.82. The van der Waals surface area contributed by atoms with Gasteiger partial charge in [0, 0.05) is 31.4 Å². The number of hydrogen-bond donors (Lipinski definition) is 1. The third-order valence-electron chi connectivity index (χ3n) is 4.83. The molecule has 8 heteroatoms. The zero-order chi connectivity index (χ0) is 19.5. The number of thiophene rings is 1. The van der Waals surface area contributed by atoms with Gasteiger partial charge in [-0.3, -0.25) is 4.79 Å². The molecule has 4 heterocycles. The minimum atomic E-state index is -0.0651. The standard InChI is InChI=1S/C20H20BrN5OS/c1-13-11-28-19-18(13)23-12-24-20(19)26-8-5-15(6-9-26)25-17(27)3-2-14-4-7-22-16(21)10-14/h2-4,7,10-12,15H,5-6,8-9H2,1H3,(H,25,27)/b3-2+. The molecule has 4 rings (SSSR count). The summed E-state index contributed by atoms with van der Waals surface area (Å²) in [7, 11) is 0. The number of halogens is 1. The van der Waals surface area contributed by atoms with Crippen LogP contribution in [0.3, 0.4) is 0 Å². The molecule has 0 atom stereocenters. The molecule has 1 aliphatic rings. The molecule has 0 aromatic carbocycles. The Balaban J connectivity index is 1.34. The molecule has 3 aromatic heterocycles. The van der Waals surface area contributed by atoms with E-state index in [1.54, 1.807) is 36.0 Å². The maximum atomic E-state index is 12.2. The van der Waals surface area contributed by atoms with Crippen LogP contribution < -0.4 is 10.2 Å². The quantitative estimate of drug-likeness (QED) is 0.474. The van der Waals surface area contributed by atoms with E-state index in [9.17, 15) is 4.79 Å². The molecule has 0 bridgehead atoms. The summed E-state index contributed by atoms with van der Waals surface area (Å²) in [4.78, 5) is 27.5. The van der Waals surface area contributed by atoms with Gasteiger partial charge in [0.05, 0.1) is 10.2 Å². The number of aromatic nitrogens is 3. The molecule has 0 unspecified atom stereocenters. The van der Waals surface area contributed by atoms with Gasteiger partial charge < -0.3 is 10.2 Å². The number of piperidine rings is 1. The van der Waals surface area contributed by atoms with Crippen LogP contribution in [0.25, 0.3) is 16.3 Å². The largest absolute Gasteiger partial charge is 0.355 e. The summed E-state index contributed by atoms with van der Waals surface area (Å²) in [5.74, 6) is 0.945. The Morgan fingerprint density at radius 2 is 2.14 bits per heavy atom. The molecule has 28 heavy (non-hydrogen) atoms. The Labute approximate surface area is 175 Å². The van der Waals surface area contributed by atoms with Crippen molar-refractivity contribution in [2.45, 2.75) is 25.8 Å². The summed E-state index contributed by atoms with van der Waals surface area (Å²) in [6, 6.07) is 3.92. The van der Waals surface area contributed by atoms with Crippen LogP contribution in [-0.2, 0) is 4.79 Å². The molecule has 144 valence electrons. The molecule has 0 radical (unpaired) electrons. The summed E-state index contributed by atoms with van der Waals surface area (Å²) >= 11 is 5.03. The van der Waals surface area contributed by atoms with E-state index in [1.165, 1.54) is 5.56 Å². The second kappa shape index (κ2) is 8.36. The van der Waals surface area contributed by atoms with E-state index in [0.717, 1.165) is 52.1 Å². The summed E-state index contributed by atoms with van der Waals surface area (Å²) < 4.78 is 1.90.